The Hall–Kier alpha value is -2.85. The summed E-state index contributed by atoms with van der Waals surface area (Å²) in [7, 11) is 3.45. The molecule has 0 aliphatic rings. The van der Waals surface area contributed by atoms with Gasteiger partial charge in [-0.15, -0.1) is 0 Å². The highest BCUT2D eigenvalue weighted by Crippen LogP contribution is 2.37. The smallest absolute Gasteiger partial charge is 0.269 e. The highest BCUT2D eigenvalue weighted by molar-refractivity contribution is 7.86. The summed E-state index contributed by atoms with van der Waals surface area (Å²) in [6, 6.07) is 18.4. The molecule has 0 spiro atoms. The molecule has 0 saturated heterocycles. The molecule has 0 aliphatic heterocycles. The Balaban J connectivity index is 1.65. The third-order valence-electron chi connectivity index (χ3n) is 6.11. The lowest BCUT2D eigenvalue weighted by atomic mass is 10.2. The molecule has 34 heavy (non-hydrogen) atoms. The molecule has 174 valence electrons. The van der Waals surface area contributed by atoms with E-state index in [9.17, 15) is 13.0 Å². The van der Waals surface area contributed by atoms with Gasteiger partial charge in [-0.25, -0.2) is 8.42 Å². The normalized spacial score (nSPS) is 12.1. The van der Waals surface area contributed by atoms with Crippen LogP contribution in [0.15, 0.2) is 59.5 Å². The van der Waals surface area contributed by atoms with Crippen molar-refractivity contribution in [2.45, 2.75) is 11.8 Å². The SMILES string of the molecule is Cc1ccc2c(sc(-c3ccc4c(c3)sc(-c3ccc(N(C)C)cc3)[n+]4C)[n+]2C)c1S(=O)(=O)[O-]. The summed E-state index contributed by atoms with van der Waals surface area (Å²) in [5, 5.41) is 2.06. The second kappa shape index (κ2) is 8.13. The zero-order valence-electron chi connectivity index (χ0n) is 19.5. The molecule has 0 N–H and O–H groups in total. The number of hydrogen-bond acceptors (Lipinski definition) is 6. The average Bonchev–Trinajstić information content (AvgIpc) is 3.29. The van der Waals surface area contributed by atoms with Crippen molar-refractivity contribution in [2.24, 2.45) is 14.1 Å². The van der Waals surface area contributed by atoms with Crippen molar-refractivity contribution < 1.29 is 22.1 Å². The first-order valence-electron chi connectivity index (χ1n) is 10.6. The van der Waals surface area contributed by atoms with Crippen molar-refractivity contribution in [1.82, 2.24) is 0 Å². The molecule has 0 radical (unpaired) electrons. The molecule has 5 rings (SSSR count). The van der Waals surface area contributed by atoms with E-state index in [1.165, 1.54) is 11.3 Å². The Labute approximate surface area is 206 Å². The van der Waals surface area contributed by atoms with Crippen molar-refractivity contribution in [3.8, 4) is 21.1 Å². The first kappa shape index (κ1) is 22.9. The maximum atomic E-state index is 12.0. The molecule has 2 heterocycles. The Morgan fingerprint density at radius 1 is 0.824 bits per heavy atom. The van der Waals surface area contributed by atoms with E-state index in [0.29, 0.717) is 10.3 Å². The quantitative estimate of drug-likeness (QED) is 0.266. The summed E-state index contributed by atoms with van der Waals surface area (Å²) in [4.78, 5) is 1.96. The summed E-state index contributed by atoms with van der Waals surface area (Å²) in [6.07, 6.45) is 0. The van der Waals surface area contributed by atoms with E-state index in [2.05, 4.69) is 59.0 Å². The molecule has 0 unspecified atom stereocenters. The molecule has 0 aliphatic carbocycles. The lowest BCUT2D eigenvalue weighted by molar-refractivity contribution is -0.629. The van der Waals surface area contributed by atoms with Crippen molar-refractivity contribution in [3.05, 3.63) is 60.2 Å². The van der Waals surface area contributed by atoms with Crippen LogP contribution in [-0.4, -0.2) is 27.1 Å². The molecule has 0 fully saturated rings. The number of anilines is 1. The molecule has 0 atom stereocenters. The minimum absolute atomic E-state index is 0.121. The van der Waals surface area contributed by atoms with Gasteiger partial charge in [0.25, 0.3) is 10.0 Å². The van der Waals surface area contributed by atoms with Crippen LogP contribution in [0, 0.1) is 6.92 Å². The van der Waals surface area contributed by atoms with Gasteiger partial charge in [0.05, 0.1) is 16.0 Å². The maximum absolute atomic E-state index is 12.0. The van der Waals surface area contributed by atoms with Gasteiger partial charge in [-0.3, -0.25) is 0 Å². The van der Waals surface area contributed by atoms with Crippen LogP contribution in [0.5, 0.6) is 0 Å². The van der Waals surface area contributed by atoms with Gasteiger partial charge in [0.2, 0.25) is 11.0 Å². The van der Waals surface area contributed by atoms with Gasteiger partial charge < -0.3 is 9.45 Å². The van der Waals surface area contributed by atoms with Gasteiger partial charge >= 0.3 is 0 Å². The number of nitrogens with zero attached hydrogens (tertiary/aromatic N) is 3. The molecular formula is C25H24N3O3S3+. The summed E-state index contributed by atoms with van der Waals surface area (Å²) >= 11 is 3.06. The fourth-order valence-corrected chi connectivity index (χ4v) is 7.95. The number of aryl methyl sites for hydroxylation is 3. The Kier molecular flexibility index (Phi) is 5.48. The van der Waals surface area contributed by atoms with Crippen LogP contribution >= 0.6 is 22.7 Å². The van der Waals surface area contributed by atoms with Crippen molar-refractivity contribution in [1.29, 1.82) is 0 Å². The van der Waals surface area contributed by atoms with Gasteiger partial charge in [-0.2, -0.15) is 9.13 Å². The zero-order chi connectivity index (χ0) is 24.4. The van der Waals surface area contributed by atoms with Crippen molar-refractivity contribution in [3.63, 3.8) is 0 Å². The number of benzene rings is 3. The summed E-state index contributed by atoms with van der Waals surface area (Å²) in [6.45, 7) is 1.66. The molecule has 5 aromatic rings. The molecule has 9 heteroatoms. The lowest BCUT2D eigenvalue weighted by Crippen LogP contribution is -2.29. The first-order chi connectivity index (χ1) is 16.1. The van der Waals surface area contributed by atoms with E-state index in [1.807, 2.05) is 31.8 Å². The molecular weight excluding hydrogens is 486 g/mol. The fraction of sp³-hybridized carbons (Fsp3) is 0.200. The molecule has 0 bridgehead atoms. The van der Waals surface area contributed by atoms with Gasteiger partial charge in [0, 0.05) is 31.9 Å². The first-order valence-corrected chi connectivity index (χ1v) is 13.7. The molecule has 3 aromatic carbocycles. The van der Waals surface area contributed by atoms with Crippen LogP contribution in [0.3, 0.4) is 0 Å². The van der Waals surface area contributed by atoms with E-state index < -0.39 is 10.1 Å². The maximum Gasteiger partial charge on any atom is 0.269 e. The van der Waals surface area contributed by atoms with E-state index in [4.69, 9.17) is 0 Å². The minimum atomic E-state index is -4.58. The van der Waals surface area contributed by atoms with Crippen LogP contribution in [0.25, 0.3) is 41.6 Å². The second-order valence-corrected chi connectivity index (χ2v) is 11.9. The van der Waals surface area contributed by atoms with Crippen molar-refractivity contribution >= 4 is 58.9 Å². The number of fused-ring (bicyclic) bond motifs is 2. The third-order valence-corrected chi connectivity index (χ3v) is 9.84. The van der Waals surface area contributed by atoms with Crippen LogP contribution in [0.2, 0.25) is 0 Å². The van der Waals surface area contributed by atoms with Gasteiger partial charge in [0.1, 0.15) is 33.6 Å². The minimum Gasteiger partial charge on any atom is -0.744 e. The van der Waals surface area contributed by atoms with Gasteiger partial charge in [0.15, 0.2) is 0 Å². The number of aromatic nitrogens is 2. The van der Waals surface area contributed by atoms with E-state index in [1.54, 1.807) is 24.3 Å². The molecule has 0 saturated carbocycles. The van der Waals surface area contributed by atoms with Gasteiger partial charge in [-0.1, -0.05) is 28.7 Å². The van der Waals surface area contributed by atoms with Crippen molar-refractivity contribution in [2.75, 3.05) is 19.0 Å². The Morgan fingerprint density at radius 2 is 1.41 bits per heavy atom. The van der Waals surface area contributed by atoms with Gasteiger partial charge in [-0.05, 0) is 48.9 Å². The highest BCUT2D eigenvalue weighted by Gasteiger charge is 2.26. The largest absolute Gasteiger partial charge is 0.744 e. The fourth-order valence-electron chi connectivity index (χ4n) is 4.29. The second-order valence-electron chi connectivity index (χ2n) is 8.57. The monoisotopic (exact) mass is 510 g/mol. The summed E-state index contributed by atoms with van der Waals surface area (Å²) < 4.78 is 41.7. The number of rotatable bonds is 4. The summed E-state index contributed by atoms with van der Waals surface area (Å²) in [5.74, 6) is 0. The predicted molar refractivity (Wildman–Crippen MR) is 137 cm³/mol. The van der Waals surface area contributed by atoms with Crippen LogP contribution in [0.4, 0.5) is 5.69 Å². The highest BCUT2D eigenvalue weighted by atomic mass is 32.2. The number of thiazole rings is 2. The van der Waals surface area contributed by atoms with Crippen LogP contribution in [-0.2, 0) is 24.2 Å². The Morgan fingerprint density at radius 3 is 2.06 bits per heavy atom. The average molecular weight is 511 g/mol. The third kappa shape index (κ3) is 3.69. The number of hydrogen-bond donors (Lipinski definition) is 0. The summed E-state index contributed by atoms with van der Waals surface area (Å²) in [5.41, 5.74) is 5.63. The molecule has 0 amide bonds. The molecule has 2 aromatic heterocycles. The van der Waals surface area contributed by atoms with E-state index in [0.717, 1.165) is 42.6 Å². The van der Waals surface area contributed by atoms with E-state index in [-0.39, 0.29) is 4.90 Å². The lowest BCUT2D eigenvalue weighted by Gasteiger charge is -2.11. The van der Waals surface area contributed by atoms with Crippen LogP contribution < -0.4 is 14.0 Å². The zero-order valence-corrected chi connectivity index (χ0v) is 21.9. The topological polar surface area (TPSA) is 68.2 Å². The van der Waals surface area contributed by atoms with Crippen LogP contribution in [0.1, 0.15) is 5.56 Å². The Bertz CT molecular complexity index is 1680. The standard InChI is InChI=1S/C25H24N3O3S3/c1-15-6-12-20-22(23(15)34(29,30)31)33-25(28(20)5)17-9-13-19-21(14-17)32-24(27(19)4)16-7-10-18(11-8-16)26(2)3/h6-14H,1-5H3/q+1. The predicted octanol–water partition coefficient (Wildman–Crippen LogP) is 4.38. The van der Waals surface area contributed by atoms with E-state index >= 15 is 0 Å². The molecule has 6 nitrogen and oxygen atoms in total.